The second-order valence-electron chi connectivity index (χ2n) is 5.33. The molecule has 6 heteroatoms. The Labute approximate surface area is 132 Å². The molecule has 3 rings (SSSR count). The van der Waals surface area contributed by atoms with E-state index in [4.69, 9.17) is 16.0 Å². The highest BCUT2D eigenvalue weighted by atomic mass is 35.5. The highest BCUT2D eigenvalue weighted by molar-refractivity contribution is 6.34. The van der Waals surface area contributed by atoms with Crippen molar-refractivity contribution in [3.05, 3.63) is 47.4 Å². The number of benzene rings is 1. The molecule has 0 saturated heterocycles. The molecule has 1 aromatic heterocycles. The summed E-state index contributed by atoms with van der Waals surface area (Å²) < 4.78 is 5.32. The molecule has 2 N–H and O–H groups in total. The zero-order valence-electron chi connectivity index (χ0n) is 11.9. The minimum Gasteiger partial charge on any atom is -0.469 e. The van der Waals surface area contributed by atoms with E-state index < -0.39 is 0 Å². The van der Waals surface area contributed by atoms with Crippen molar-refractivity contribution in [1.29, 1.82) is 0 Å². The molecule has 0 spiro atoms. The van der Waals surface area contributed by atoms with Crippen molar-refractivity contribution >= 4 is 34.8 Å². The van der Waals surface area contributed by atoms with Crippen LogP contribution in [-0.4, -0.2) is 11.8 Å². The Balaban J connectivity index is 1.68. The number of carbonyl (C=O) groups is 2. The number of carbonyl (C=O) groups excluding carboxylic acids is 2. The summed E-state index contributed by atoms with van der Waals surface area (Å²) in [7, 11) is 0. The van der Waals surface area contributed by atoms with Gasteiger partial charge in [0.1, 0.15) is 5.76 Å². The lowest BCUT2D eigenvalue weighted by atomic mass is 10.2. The molecule has 114 valence electrons. The minimum absolute atomic E-state index is 0.0942. The summed E-state index contributed by atoms with van der Waals surface area (Å²) >= 11 is 6.09. The van der Waals surface area contributed by atoms with Crippen molar-refractivity contribution < 1.29 is 14.0 Å². The summed E-state index contributed by atoms with van der Waals surface area (Å²) in [5.41, 5.74) is 1.08. The maximum Gasteiger partial charge on any atom is 0.228 e. The fourth-order valence-electron chi connectivity index (χ4n) is 2.43. The predicted octanol–water partition coefficient (Wildman–Crippen LogP) is 3.63. The normalized spacial score (nSPS) is 19.5. The average Bonchev–Trinajstić information content (AvgIpc) is 3.08. The Morgan fingerprint density at radius 1 is 1.27 bits per heavy atom. The summed E-state index contributed by atoms with van der Waals surface area (Å²) in [5, 5.41) is 5.90. The van der Waals surface area contributed by atoms with Gasteiger partial charge in [0, 0.05) is 24.4 Å². The third-order valence-electron chi connectivity index (χ3n) is 3.58. The molecule has 0 unspecified atom stereocenters. The van der Waals surface area contributed by atoms with Crippen LogP contribution in [0.1, 0.15) is 25.0 Å². The summed E-state index contributed by atoms with van der Waals surface area (Å²) in [5.74, 6) is 0.583. The monoisotopic (exact) mass is 318 g/mol. The van der Waals surface area contributed by atoms with Crippen LogP contribution in [0.5, 0.6) is 0 Å². The van der Waals surface area contributed by atoms with Gasteiger partial charge >= 0.3 is 0 Å². The van der Waals surface area contributed by atoms with E-state index in [1.807, 2.05) is 12.1 Å². The zero-order chi connectivity index (χ0) is 15.7. The van der Waals surface area contributed by atoms with Gasteiger partial charge in [0.05, 0.1) is 17.0 Å². The van der Waals surface area contributed by atoms with E-state index in [2.05, 4.69) is 10.6 Å². The molecule has 1 aromatic carbocycles. The fraction of sp³-hybridized carbons (Fsp3) is 0.250. The topological polar surface area (TPSA) is 71.3 Å². The number of hydrogen-bond acceptors (Lipinski definition) is 3. The second kappa shape index (κ2) is 5.85. The lowest BCUT2D eigenvalue weighted by Gasteiger charge is -2.09. The van der Waals surface area contributed by atoms with Crippen LogP contribution in [0.25, 0.3) is 0 Å². The Kier molecular flexibility index (Phi) is 3.90. The van der Waals surface area contributed by atoms with Crippen molar-refractivity contribution in [1.82, 2.24) is 0 Å². The van der Waals surface area contributed by atoms with E-state index in [1.54, 1.807) is 24.5 Å². The van der Waals surface area contributed by atoms with Crippen molar-refractivity contribution in [3.8, 4) is 0 Å². The van der Waals surface area contributed by atoms with Crippen molar-refractivity contribution in [3.63, 3.8) is 0 Å². The molecule has 1 aliphatic rings. The van der Waals surface area contributed by atoms with E-state index in [9.17, 15) is 9.59 Å². The molecule has 1 fully saturated rings. The van der Waals surface area contributed by atoms with Gasteiger partial charge in [-0.25, -0.2) is 0 Å². The first-order valence-corrected chi connectivity index (χ1v) is 7.34. The van der Waals surface area contributed by atoms with Gasteiger partial charge in [-0.3, -0.25) is 9.59 Å². The van der Waals surface area contributed by atoms with Crippen LogP contribution >= 0.6 is 11.6 Å². The Hall–Kier alpha value is -2.27. The van der Waals surface area contributed by atoms with E-state index in [1.165, 1.54) is 6.92 Å². The first kappa shape index (κ1) is 14.7. The maximum absolute atomic E-state index is 12.3. The molecule has 0 aliphatic heterocycles. The molecular formula is C16H15ClN2O3. The molecule has 0 bridgehead atoms. The third kappa shape index (κ3) is 3.14. The van der Waals surface area contributed by atoms with Gasteiger partial charge < -0.3 is 15.1 Å². The third-order valence-corrected chi connectivity index (χ3v) is 3.91. The highest BCUT2D eigenvalue weighted by Crippen LogP contribution is 2.48. The van der Waals surface area contributed by atoms with Gasteiger partial charge in [-0.05, 0) is 36.8 Å². The standard InChI is InChI=1S/C16H15ClN2O3/c1-9(20)18-10-4-5-13(17)14(7-10)19-16(21)12-8-11(12)15-3-2-6-22-15/h2-7,11-12H,8H2,1H3,(H,18,20)(H,19,21)/t11-,12+/m0/s1. The van der Waals surface area contributed by atoms with E-state index >= 15 is 0 Å². The van der Waals surface area contributed by atoms with Crippen LogP contribution in [0.3, 0.4) is 0 Å². The van der Waals surface area contributed by atoms with Crippen molar-refractivity contribution in [2.45, 2.75) is 19.3 Å². The highest BCUT2D eigenvalue weighted by Gasteiger charge is 2.45. The molecule has 5 nitrogen and oxygen atoms in total. The average molecular weight is 319 g/mol. The Bertz CT molecular complexity index is 712. The van der Waals surface area contributed by atoms with Gasteiger partial charge in [0.25, 0.3) is 0 Å². The van der Waals surface area contributed by atoms with Crippen LogP contribution in [0.4, 0.5) is 11.4 Å². The number of hydrogen-bond donors (Lipinski definition) is 2. The van der Waals surface area contributed by atoms with Gasteiger partial charge in [-0.1, -0.05) is 11.6 Å². The summed E-state index contributed by atoms with van der Waals surface area (Å²) in [4.78, 5) is 23.3. The van der Waals surface area contributed by atoms with Crippen LogP contribution < -0.4 is 10.6 Å². The van der Waals surface area contributed by atoms with Crippen LogP contribution in [0.2, 0.25) is 5.02 Å². The smallest absolute Gasteiger partial charge is 0.228 e. The molecule has 1 saturated carbocycles. The molecule has 22 heavy (non-hydrogen) atoms. The van der Waals surface area contributed by atoms with Gasteiger partial charge in [-0.2, -0.15) is 0 Å². The summed E-state index contributed by atoms with van der Waals surface area (Å²) in [6, 6.07) is 8.66. The molecule has 1 aliphatic carbocycles. The second-order valence-corrected chi connectivity index (χ2v) is 5.74. The van der Waals surface area contributed by atoms with Crippen molar-refractivity contribution in [2.75, 3.05) is 10.6 Å². The zero-order valence-corrected chi connectivity index (χ0v) is 12.7. The summed E-state index contributed by atoms with van der Waals surface area (Å²) in [6.45, 7) is 1.42. The number of rotatable bonds is 4. The molecular weight excluding hydrogens is 304 g/mol. The van der Waals surface area contributed by atoms with Crippen molar-refractivity contribution in [2.24, 2.45) is 5.92 Å². The quantitative estimate of drug-likeness (QED) is 0.904. The van der Waals surface area contributed by atoms with Crippen LogP contribution in [-0.2, 0) is 9.59 Å². The van der Waals surface area contributed by atoms with E-state index in [0.29, 0.717) is 16.4 Å². The van der Waals surface area contributed by atoms with E-state index in [-0.39, 0.29) is 23.7 Å². The lowest BCUT2D eigenvalue weighted by Crippen LogP contribution is -2.15. The molecule has 0 radical (unpaired) electrons. The number of amides is 2. The SMILES string of the molecule is CC(=O)Nc1ccc(Cl)c(NC(=O)[C@@H]2C[C@@H]2c2ccco2)c1. The van der Waals surface area contributed by atoms with Crippen LogP contribution in [0.15, 0.2) is 41.0 Å². The maximum atomic E-state index is 12.3. The summed E-state index contributed by atoms with van der Waals surface area (Å²) in [6.07, 6.45) is 2.37. The molecule has 2 aromatic rings. The van der Waals surface area contributed by atoms with Gasteiger partial charge in [0.15, 0.2) is 0 Å². The number of nitrogens with one attached hydrogen (secondary N) is 2. The number of anilines is 2. The number of halogens is 1. The van der Waals surface area contributed by atoms with E-state index in [0.717, 1.165) is 12.2 Å². The van der Waals surface area contributed by atoms with Gasteiger partial charge in [0.2, 0.25) is 11.8 Å². The van der Waals surface area contributed by atoms with Gasteiger partial charge in [-0.15, -0.1) is 0 Å². The minimum atomic E-state index is -0.181. The lowest BCUT2D eigenvalue weighted by molar-refractivity contribution is -0.117. The largest absolute Gasteiger partial charge is 0.469 e. The molecule has 1 heterocycles. The number of furan rings is 1. The fourth-order valence-corrected chi connectivity index (χ4v) is 2.59. The molecule has 2 atom stereocenters. The Morgan fingerprint density at radius 2 is 2.09 bits per heavy atom. The van der Waals surface area contributed by atoms with Crippen LogP contribution in [0, 0.1) is 5.92 Å². The Morgan fingerprint density at radius 3 is 2.77 bits per heavy atom. The first-order valence-electron chi connectivity index (χ1n) is 6.96. The predicted molar refractivity (Wildman–Crippen MR) is 83.9 cm³/mol. The first-order chi connectivity index (χ1) is 10.5. The molecule has 2 amide bonds.